The Balaban J connectivity index is 1.22. The largest absolute Gasteiger partial charge is 0.494 e. The molecule has 1 aromatic rings. The smallest absolute Gasteiger partial charge is 0.165 e. The number of benzene rings is 1. The number of Topliss-reactive ketones (excluding diaryl/α,β-unsaturated/α-hetero) is 1. The second kappa shape index (κ2) is 7.02. The van der Waals surface area contributed by atoms with Gasteiger partial charge in [-0.3, -0.25) is 4.79 Å². The maximum Gasteiger partial charge on any atom is 0.165 e. The van der Waals surface area contributed by atoms with Gasteiger partial charge < -0.3 is 9.62 Å². The van der Waals surface area contributed by atoms with Crippen LogP contribution in [-0.4, -0.2) is 11.9 Å². The summed E-state index contributed by atoms with van der Waals surface area (Å²) >= 11 is 0. The Kier molecular flexibility index (Phi) is 4.58. The number of hydrogen-bond acceptors (Lipinski definition) is 4. The standard InChI is InChI=1S/C25H30O4/c1-3-25-16-14-22-20(21(25)12-13-23(25)26)11-10-18(27-22)5-4-15-24(2)17-6-8-19(9-7-17)28-29-24/h6-9,12,18H,3-5,10-11,13-16H2,1-2H3. The fourth-order valence-corrected chi connectivity index (χ4v) is 5.69. The molecule has 5 aliphatic rings. The molecule has 29 heavy (non-hydrogen) atoms. The van der Waals surface area contributed by atoms with E-state index in [4.69, 9.17) is 14.5 Å². The molecule has 4 nitrogen and oxygen atoms in total. The predicted molar refractivity (Wildman–Crippen MR) is 110 cm³/mol. The maximum absolute atomic E-state index is 12.6. The molecule has 2 aliphatic carbocycles. The zero-order valence-corrected chi connectivity index (χ0v) is 17.5. The van der Waals surface area contributed by atoms with Gasteiger partial charge in [0.25, 0.3) is 0 Å². The first-order chi connectivity index (χ1) is 14.0. The first-order valence-corrected chi connectivity index (χ1v) is 11.1. The van der Waals surface area contributed by atoms with Crippen molar-refractivity contribution in [3.63, 3.8) is 0 Å². The van der Waals surface area contributed by atoms with E-state index in [-0.39, 0.29) is 11.5 Å². The Morgan fingerprint density at radius 3 is 2.79 bits per heavy atom. The quantitative estimate of drug-likeness (QED) is 0.582. The van der Waals surface area contributed by atoms with Crippen LogP contribution < -0.4 is 4.89 Å². The van der Waals surface area contributed by atoms with Crippen molar-refractivity contribution in [1.82, 2.24) is 0 Å². The van der Waals surface area contributed by atoms with Crippen molar-refractivity contribution in [2.24, 2.45) is 5.41 Å². The van der Waals surface area contributed by atoms with E-state index in [1.807, 2.05) is 12.1 Å². The molecule has 0 radical (unpaired) electrons. The number of allylic oxidation sites excluding steroid dienone is 4. The highest BCUT2D eigenvalue weighted by Gasteiger charge is 2.48. The van der Waals surface area contributed by atoms with Gasteiger partial charge in [0.15, 0.2) is 5.75 Å². The number of rotatable bonds is 5. The number of ether oxygens (including phenoxy) is 1. The normalized spacial score (nSPS) is 32.8. The summed E-state index contributed by atoms with van der Waals surface area (Å²) in [5.41, 5.74) is 3.17. The summed E-state index contributed by atoms with van der Waals surface area (Å²) in [5.74, 6) is 2.32. The molecule has 3 atom stereocenters. The molecule has 2 bridgehead atoms. The van der Waals surface area contributed by atoms with Crippen LogP contribution in [0.1, 0.15) is 77.2 Å². The number of carbonyl (C=O) groups excluding carboxylic acids is 1. The van der Waals surface area contributed by atoms with Crippen LogP contribution >= 0.6 is 0 Å². The van der Waals surface area contributed by atoms with Crippen molar-refractivity contribution in [2.45, 2.75) is 83.3 Å². The van der Waals surface area contributed by atoms with E-state index in [1.54, 1.807) is 0 Å². The van der Waals surface area contributed by atoms with Crippen molar-refractivity contribution in [3.05, 3.63) is 52.8 Å². The molecule has 0 amide bonds. The van der Waals surface area contributed by atoms with Crippen molar-refractivity contribution < 1.29 is 19.3 Å². The van der Waals surface area contributed by atoms with E-state index < -0.39 is 5.60 Å². The number of hydrogen-bond donors (Lipinski definition) is 0. The van der Waals surface area contributed by atoms with Gasteiger partial charge in [-0.2, -0.15) is 4.89 Å². The average Bonchev–Trinajstić information content (AvgIpc) is 2.91. The van der Waals surface area contributed by atoms with Crippen LogP contribution in [0.3, 0.4) is 0 Å². The van der Waals surface area contributed by atoms with Gasteiger partial charge in [0.05, 0.1) is 17.3 Å². The second-order valence-electron chi connectivity index (χ2n) is 9.18. The van der Waals surface area contributed by atoms with E-state index in [1.165, 1.54) is 11.1 Å². The highest BCUT2D eigenvalue weighted by molar-refractivity contribution is 5.94. The van der Waals surface area contributed by atoms with Gasteiger partial charge in [0, 0.05) is 12.8 Å². The molecule has 0 saturated heterocycles. The first-order valence-electron chi connectivity index (χ1n) is 11.1. The first kappa shape index (κ1) is 18.9. The third-order valence-corrected chi connectivity index (χ3v) is 7.58. The number of ketones is 1. The maximum atomic E-state index is 12.6. The van der Waals surface area contributed by atoms with Crippen LogP contribution in [0.2, 0.25) is 0 Å². The second-order valence-corrected chi connectivity index (χ2v) is 9.18. The summed E-state index contributed by atoms with van der Waals surface area (Å²) in [6, 6.07) is 8.10. The molecule has 0 N–H and O–H groups in total. The zero-order valence-electron chi connectivity index (χ0n) is 17.5. The van der Waals surface area contributed by atoms with Gasteiger partial charge in [-0.05, 0) is 80.7 Å². The monoisotopic (exact) mass is 394 g/mol. The van der Waals surface area contributed by atoms with Gasteiger partial charge in [0.2, 0.25) is 0 Å². The lowest BCUT2D eigenvalue weighted by molar-refractivity contribution is -0.292. The Labute approximate surface area is 172 Å². The molecular formula is C25H30O4. The zero-order chi connectivity index (χ0) is 20.1. The molecule has 3 aliphatic heterocycles. The van der Waals surface area contributed by atoms with E-state index in [2.05, 4.69) is 32.1 Å². The van der Waals surface area contributed by atoms with E-state index >= 15 is 0 Å². The summed E-state index contributed by atoms with van der Waals surface area (Å²) in [6.07, 6.45) is 10.8. The summed E-state index contributed by atoms with van der Waals surface area (Å²) in [6.45, 7) is 4.26. The SMILES string of the molecule is CCC12CCC3=C(CCC(CCCC4(C)OOc5ccc4cc5)O3)C1=CCC2=O. The fourth-order valence-electron chi connectivity index (χ4n) is 5.69. The van der Waals surface area contributed by atoms with Crippen molar-refractivity contribution in [3.8, 4) is 5.75 Å². The molecule has 3 heterocycles. The molecule has 154 valence electrons. The van der Waals surface area contributed by atoms with E-state index in [0.29, 0.717) is 12.2 Å². The van der Waals surface area contributed by atoms with Crippen LogP contribution in [0.15, 0.2) is 47.2 Å². The fraction of sp³-hybridized carbons (Fsp3) is 0.560. The van der Waals surface area contributed by atoms with Gasteiger partial charge in [-0.1, -0.05) is 25.1 Å². The van der Waals surface area contributed by atoms with Gasteiger partial charge >= 0.3 is 0 Å². The lowest BCUT2D eigenvalue weighted by atomic mass is 9.67. The Morgan fingerprint density at radius 2 is 2.00 bits per heavy atom. The molecule has 3 unspecified atom stereocenters. The molecule has 0 saturated carbocycles. The van der Waals surface area contributed by atoms with Gasteiger partial charge in [-0.15, -0.1) is 0 Å². The van der Waals surface area contributed by atoms with Crippen molar-refractivity contribution in [2.75, 3.05) is 0 Å². The summed E-state index contributed by atoms with van der Waals surface area (Å²) < 4.78 is 6.45. The number of fused-ring (bicyclic) bond motifs is 6. The molecule has 4 heteroatoms. The third kappa shape index (κ3) is 3.04. The highest BCUT2D eigenvalue weighted by Crippen LogP contribution is 2.54. The molecule has 6 rings (SSSR count). The summed E-state index contributed by atoms with van der Waals surface area (Å²) in [5, 5.41) is 0. The third-order valence-electron chi connectivity index (χ3n) is 7.58. The molecule has 0 fully saturated rings. The van der Waals surface area contributed by atoms with Crippen LogP contribution in [-0.2, 0) is 20.0 Å². The van der Waals surface area contributed by atoms with E-state index in [0.717, 1.165) is 68.4 Å². The molecular weight excluding hydrogens is 364 g/mol. The Bertz CT molecular complexity index is 881. The lowest BCUT2D eigenvalue weighted by Crippen LogP contribution is -2.35. The predicted octanol–water partition coefficient (Wildman–Crippen LogP) is 5.92. The van der Waals surface area contributed by atoms with Crippen molar-refractivity contribution >= 4 is 5.78 Å². The highest BCUT2D eigenvalue weighted by atomic mass is 17.2. The van der Waals surface area contributed by atoms with Crippen LogP contribution in [0, 0.1) is 5.41 Å². The summed E-state index contributed by atoms with van der Waals surface area (Å²) in [4.78, 5) is 23.7. The molecule has 1 aromatic carbocycles. The minimum atomic E-state index is -0.412. The van der Waals surface area contributed by atoms with Crippen molar-refractivity contribution in [1.29, 1.82) is 0 Å². The van der Waals surface area contributed by atoms with Crippen LogP contribution in [0.25, 0.3) is 0 Å². The molecule has 0 aromatic heterocycles. The minimum absolute atomic E-state index is 0.212. The Morgan fingerprint density at radius 1 is 1.17 bits per heavy atom. The minimum Gasteiger partial charge on any atom is -0.494 e. The average molecular weight is 395 g/mol. The topological polar surface area (TPSA) is 44.8 Å². The van der Waals surface area contributed by atoms with E-state index in [9.17, 15) is 4.79 Å². The summed E-state index contributed by atoms with van der Waals surface area (Å²) in [7, 11) is 0. The lowest BCUT2D eigenvalue weighted by Gasteiger charge is -2.40. The molecule has 0 spiro atoms. The van der Waals surface area contributed by atoms with Gasteiger partial charge in [-0.25, -0.2) is 0 Å². The van der Waals surface area contributed by atoms with Crippen LogP contribution in [0.4, 0.5) is 0 Å². The van der Waals surface area contributed by atoms with Gasteiger partial charge in [0.1, 0.15) is 11.4 Å². The number of carbonyl (C=O) groups is 1. The Hall–Kier alpha value is -2.07. The van der Waals surface area contributed by atoms with Crippen LogP contribution in [0.5, 0.6) is 5.75 Å².